The molecular formula is C13H21N3O4S. The summed E-state index contributed by atoms with van der Waals surface area (Å²) < 4.78 is 30.5. The molecule has 0 unspecified atom stereocenters. The molecule has 0 aliphatic rings. The molecule has 21 heavy (non-hydrogen) atoms. The van der Waals surface area contributed by atoms with Crippen LogP contribution in [0.25, 0.3) is 0 Å². The molecule has 118 valence electrons. The van der Waals surface area contributed by atoms with Gasteiger partial charge in [-0.3, -0.25) is 4.79 Å². The number of rotatable bonds is 8. The second-order valence-electron chi connectivity index (χ2n) is 4.45. The van der Waals surface area contributed by atoms with Gasteiger partial charge in [0.15, 0.2) is 0 Å². The number of carbonyl (C=O) groups is 1. The van der Waals surface area contributed by atoms with Crippen molar-refractivity contribution in [3.05, 3.63) is 24.3 Å². The number of para-hydroxylation sites is 2. The zero-order chi connectivity index (χ0) is 15.9. The van der Waals surface area contributed by atoms with E-state index < -0.39 is 10.0 Å². The van der Waals surface area contributed by atoms with E-state index in [0.717, 1.165) is 4.31 Å². The Hall–Kier alpha value is -1.80. The second-order valence-corrected chi connectivity index (χ2v) is 6.64. The number of amides is 1. The van der Waals surface area contributed by atoms with Crippen LogP contribution in [-0.4, -0.2) is 51.6 Å². The number of carbonyl (C=O) groups excluding carboxylic acids is 1. The molecule has 0 fully saturated rings. The summed E-state index contributed by atoms with van der Waals surface area (Å²) in [7, 11) is -0.511. The molecule has 0 radical (unpaired) electrons. The SMILES string of the molecule is CNC(=O)CCN(C)S(=O)(=O)CCOc1ccccc1N. The van der Waals surface area contributed by atoms with Gasteiger partial charge in [0.2, 0.25) is 15.9 Å². The van der Waals surface area contributed by atoms with Gasteiger partial charge in [0.1, 0.15) is 12.4 Å². The van der Waals surface area contributed by atoms with Gasteiger partial charge in [-0.05, 0) is 12.1 Å². The summed E-state index contributed by atoms with van der Waals surface area (Å²) in [5, 5.41) is 2.44. The van der Waals surface area contributed by atoms with E-state index in [0.29, 0.717) is 11.4 Å². The van der Waals surface area contributed by atoms with Crippen LogP contribution in [0.5, 0.6) is 5.75 Å². The summed E-state index contributed by atoms with van der Waals surface area (Å²) in [6.45, 7) is 0.135. The second kappa shape index (κ2) is 7.84. The Morgan fingerprint density at radius 1 is 1.38 bits per heavy atom. The molecule has 0 bridgehead atoms. The first-order valence-electron chi connectivity index (χ1n) is 6.48. The topological polar surface area (TPSA) is 102 Å². The van der Waals surface area contributed by atoms with Gasteiger partial charge < -0.3 is 15.8 Å². The molecule has 8 heteroatoms. The largest absolute Gasteiger partial charge is 0.490 e. The van der Waals surface area contributed by atoms with E-state index in [2.05, 4.69) is 5.32 Å². The Morgan fingerprint density at radius 2 is 2.05 bits per heavy atom. The minimum absolute atomic E-state index is 0.000854. The molecule has 0 aliphatic heterocycles. The summed E-state index contributed by atoms with van der Waals surface area (Å²) in [4.78, 5) is 11.1. The lowest BCUT2D eigenvalue weighted by atomic mass is 10.3. The first kappa shape index (κ1) is 17.3. The number of sulfonamides is 1. The van der Waals surface area contributed by atoms with E-state index in [1.165, 1.54) is 14.1 Å². The lowest BCUT2D eigenvalue weighted by Gasteiger charge is -2.17. The Morgan fingerprint density at radius 3 is 2.67 bits per heavy atom. The van der Waals surface area contributed by atoms with Crippen LogP contribution in [0.2, 0.25) is 0 Å². The average molecular weight is 315 g/mol. The normalized spacial score (nSPS) is 11.4. The zero-order valence-corrected chi connectivity index (χ0v) is 13.0. The predicted molar refractivity (Wildman–Crippen MR) is 81.4 cm³/mol. The van der Waals surface area contributed by atoms with Crippen molar-refractivity contribution in [2.75, 3.05) is 38.7 Å². The third-order valence-corrected chi connectivity index (χ3v) is 4.74. The van der Waals surface area contributed by atoms with Gasteiger partial charge in [0.05, 0.1) is 11.4 Å². The Balaban J connectivity index is 2.45. The van der Waals surface area contributed by atoms with Gasteiger partial charge in [-0.2, -0.15) is 0 Å². The highest BCUT2D eigenvalue weighted by molar-refractivity contribution is 7.89. The van der Waals surface area contributed by atoms with Crippen LogP contribution < -0.4 is 15.8 Å². The summed E-state index contributed by atoms with van der Waals surface area (Å²) in [5.74, 6) is 0.0806. The number of benzene rings is 1. The molecule has 0 aromatic heterocycles. The molecule has 1 aromatic carbocycles. The van der Waals surface area contributed by atoms with Crippen molar-refractivity contribution < 1.29 is 17.9 Å². The lowest BCUT2D eigenvalue weighted by Crippen LogP contribution is -2.34. The summed E-state index contributed by atoms with van der Waals surface area (Å²) >= 11 is 0. The molecule has 1 rings (SSSR count). The molecule has 1 amide bonds. The van der Waals surface area contributed by atoms with Gasteiger partial charge in [0.25, 0.3) is 0 Å². The first-order chi connectivity index (χ1) is 9.86. The van der Waals surface area contributed by atoms with E-state index in [1.54, 1.807) is 24.3 Å². The molecule has 0 aliphatic carbocycles. The smallest absolute Gasteiger partial charge is 0.221 e. The maximum atomic E-state index is 12.0. The van der Waals surface area contributed by atoms with E-state index >= 15 is 0 Å². The standard InChI is InChI=1S/C13H21N3O4S/c1-15-13(17)7-8-16(2)21(18,19)10-9-20-12-6-4-3-5-11(12)14/h3-6H,7-10,14H2,1-2H3,(H,15,17). The highest BCUT2D eigenvalue weighted by Crippen LogP contribution is 2.19. The van der Waals surface area contributed by atoms with Crippen molar-refractivity contribution in [2.24, 2.45) is 0 Å². The van der Waals surface area contributed by atoms with Crippen LogP contribution in [0.1, 0.15) is 6.42 Å². The van der Waals surface area contributed by atoms with E-state index in [4.69, 9.17) is 10.5 Å². The van der Waals surface area contributed by atoms with Crippen molar-refractivity contribution in [3.8, 4) is 5.75 Å². The summed E-state index contributed by atoms with van der Waals surface area (Å²) in [6.07, 6.45) is 0.124. The van der Waals surface area contributed by atoms with Gasteiger partial charge >= 0.3 is 0 Å². The van der Waals surface area contributed by atoms with Crippen LogP contribution >= 0.6 is 0 Å². The van der Waals surface area contributed by atoms with Crippen molar-refractivity contribution in [1.29, 1.82) is 0 Å². The first-order valence-corrected chi connectivity index (χ1v) is 8.09. The number of nitrogens with two attached hydrogens (primary N) is 1. The molecule has 7 nitrogen and oxygen atoms in total. The van der Waals surface area contributed by atoms with Gasteiger partial charge in [-0.1, -0.05) is 12.1 Å². The van der Waals surface area contributed by atoms with Crippen LogP contribution in [0.4, 0.5) is 5.69 Å². The third kappa shape index (κ3) is 5.60. The number of hydrogen-bond acceptors (Lipinski definition) is 5. The Kier molecular flexibility index (Phi) is 6.44. The number of anilines is 1. The molecule has 0 heterocycles. The number of hydrogen-bond donors (Lipinski definition) is 2. The Bertz CT molecular complexity index is 575. The van der Waals surface area contributed by atoms with Gasteiger partial charge in [-0.25, -0.2) is 12.7 Å². The zero-order valence-electron chi connectivity index (χ0n) is 12.2. The fraction of sp³-hybridized carbons (Fsp3) is 0.462. The average Bonchev–Trinajstić information content (AvgIpc) is 2.46. The van der Waals surface area contributed by atoms with E-state index in [9.17, 15) is 13.2 Å². The minimum atomic E-state index is -3.46. The number of nitrogens with one attached hydrogen (secondary N) is 1. The fourth-order valence-corrected chi connectivity index (χ4v) is 2.52. The number of nitrogen functional groups attached to an aromatic ring is 1. The predicted octanol–water partition coefficient (Wildman–Crippen LogP) is 0.0453. The quantitative estimate of drug-likeness (QED) is 0.660. The minimum Gasteiger partial charge on any atom is -0.490 e. The van der Waals surface area contributed by atoms with Crippen molar-refractivity contribution in [3.63, 3.8) is 0 Å². The lowest BCUT2D eigenvalue weighted by molar-refractivity contribution is -0.120. The third-order valence-electron chi connectivity index (χ3n) is 2.93. The molecular weight excluding hydrogens is 294 g/mol. The summed E-state index contributed by atoms with van der Waals surface area (Å²) in [6, 6.07) is 6.89. The van der Waals surface area contributed by atoms with Crippen LogP contribution in [0.3, 0.4) is 0 Å². The van der Waals surface area contributed by atoms with E-state index in [1.807, 2.05) is 0 Å². The van der Waals surface area contributed by atoms with Crippen LogP contribution in [0, 0.1) is 0 Å². The number of nitrogens with zero attached hydrogens (tertiary/aromatic N) is 1. The molecule has 1 aromatic rings. The number of ether oxygens (including phenoxy) is 1. The highest BCUT2D eigenvalue weighted by atomic mass is 32.2. The highest BCUT2D eigenvalue weighted by Gasteiger charge is 2.18. The van der Waals surface area contributed by atoms with Crippen molar-refractivity contribution >= 4 is 21.6 Å². The van der Waals surface area contributed by atoms with Gasteiger partial charge in [-0.15, -0.1) is 0 Å². The van der Waals surface area contributed by atoms with E-state index in [-0.39, 0.29) is 31.2 Å². The molecule has 0 spiro atoms. The van der Waals surface area contributed by atoms with Gasteiger partial charge in [0, 0.05) is 27.1 Å². The molecule has 3 N–H and O–H groups in total. The molecule has 0 atom stereocenters. The fourth-order valence-electron chi connectivity index (χ4n) is 1.55. The summed E-state index contributed by atoms with van der Waals surface area (Å²) in [5.41, 5.74) is 6.16. The maximum absolute atomic E-state index is 12.0. The monoisotopic (exact) mass is 315 g/mol. The van der Waals surface area contributed by atoms with Crippen molar-refractivity contribution in [1.82, 2.24) is 9.62 Å². The van der Waals surface area contributed by atoms with Crippen LogP contribution in [-0.2, 0) is 14.8 Å². The Labute approximate surface area is 125 Å². The van der Waals surface area contributed by atoms with Crippen LogP contribution in [0.15, 0.2) is 24.3 Å². The molecule has 0 saturated carbocycles. The maximum Gasteiger partial charge on any atom is 0.221 e. The van der Waals surface area contributed by atoms with Crippen molar-refractivity contribution in [2.45, 2.75) is 6.42 Å². The molecule has 0 saturated heterocycles.